The minimum atomic E-state index is 0.533. The molecule has 0 aromatic heterocycles. The van der Waals surface area contributed by atoms with Crippen molar-refractivity contribution >= 4 is 0 Å². The fourth-order valence-electron chi connectivity index (χ4n) is 3.63. The molecule has 2 unspecified atom stereocenters. The van der Waals surface area contributed by atoms with Gasteiger partial charge in [-0.1, -0.05) is 34.6 Å². The number of hydrogen-bond acceptors (Lipinski definition) is 2. The van der Waals surface area contributed by atoms with Gasteiger partial charge in [0, 0.05) is 12.6 Å². The maximum absolute atomic E-state index is 5.75. The van der Waals surface area contributed by atoms with Gasteiger partial charge in [0.05, 0.1) is 6.10 Å². The van der Waals surface area contributed by atoms with Gasteiger partial charge in [0.2, 0.25) is 0 Å². The number of nitrogens with one attached hydrogen (secondary N) is 1. The molecule has 0 spiro atoms. The molecule has 1 rings (SSSR count). The molecule has 1 N–H and O–H groups in total. The highest BCUT2D eigenvalue weighted by Crippen LogP contribution is 2.28. The molecule has 2 nitrogen and oxygen atoms in total. The molecule has 0 amide bonds. The minimum Gasteiger partial charge on any atom is -0.378 e. The van der Waals surface area contributed by atoms with Crippen LogP contribution < -0.4 is 5.32 Å². The van der Waals surface area contributed by atoms with Crippen molar-refractivity contribution in [3.63, 3.8) is 0 Å². The summed E-state index contributed by atoms with van der Waals surface area (Å²) < 4.78 is 5.75. The Bertz CT molecular complexity index is 201. The molecule has 0 aliphatic carbocycles. The Morgan fingerprint density at radius 3 is 2.28 bits per heavy atom. The lowest BCUT2D eigenvalue weighted by Crippen LogP contribution is -2.41. The van der Waals surface area contributed by atoms with Crippen LogP contribution in [-0.2, 0) is 4.74 Å². The zero-order chi connectivity index (χ0) is 13.5. The predicted octanol–water partition coefficient (Wildman–Crippen LogP) is 3.85. The molecule has 108 valence electrons. The molecule has 1 fully saturated rings. The van der Waals surface area contributed by atoms with Crippen molar-refractivity contribution in [2.45, 2.75) is 72.4 Å². The monoisotopic (exact) mass is 255 g/mol. The van der Waals surface area contributed by atoms with E-state index in [1.165, 1.54) is 25.7 Å². The van der Waals surface area contributed by atoms with Gasteiger partial charge in [-0.2, -0.15) is 0 Å². The second-order valence-corrected chi connectivity index (χ2v) is 6.44. The third-order valence-corrected chi connectivity index (χ3v) is 4.29. The summed E-state index contributed by atoms with van der Waals surface area (Å²) in [6, 6.07) is 0.652. The summed E-state index contributed by atoms with van der Waals surface area (Å²) in [7, 11) is 0. The van der Waals surface area contributed by atoms with Crippen molar-refractivity contribution in [2.75, 3.05) is 13.2 Å². The van der Waals surface area contributed by atoms with Crippen molar-refractivity contribution < 1.29 is 4.74 Å². The molecule has 0 aromatic rings. The first-order valence-corrected chi connectivity index (χ1v) is 7.91. The summed E-state index contributed by atoms with van der Waals surface area (Å²) in [5.41, 5.74) is 0. The summed E-state index contributed by atoms with van der Waals surface area (Å²) in [5.74, 6) is 2.27. The summed E-state index contributed by atoms with van der Waals surface area (Å²) >= 11 is 0. The first-order valence-electron chi connectivity index (χ1n) is 7.91. The quantitative estimate of drug-likeness (QED) is 0.711. The van der Waals surface area contributed by atoms with Gasteiger partial charge in [-0.05, 0) is 50.0 Å². The molecular weight excluding hydrogens is 222 g/mol. The van der Waals surface area contributed by atoms with Crippen LogP contribution in [0.15, 0.2) is 0 Å². The molecule has 1 aliphatic rings. The molecule has 1 heterocycles. The molecule has 0 radical (unpaired) electrons. The summed E-state index contributed by atoms with van der Waals surface area (Å²) in [6.07, 6.45) is 5.56. The maximum atomic E-state index is 5.75. The predicted molar refractivity (Wildman–Crippen MR) is 78.8 cm³/mol. The van der Waals surface area contributed by atoms with Crippen LogP contribution >= 0.6 is 0 Å². The molecule has 2 atom stereocenters. The van der Waals surface area contributed by atoms with Gasteiger partial charge >= 0.3 is 0 Å². The van der Waals surface area contributed by atoms with Gasteiger partial charge in [0.25, 0.3) is 0 Å². The Kier molecular flexibility index (Phi) is 7.25. The normalized spacial score (nSPS) is 22.3. The zero-order valence-corrected chi connectivity index (χ0v) is 13.0. The highest BCUT2D eigenvalue weighted by molar-refractivity contribution is 4.82. The van der Waals surface area contributed by atoms with E-state index in [0.717, 1.165) is 30.9 Å². The Balaban J connectivity index is 2.50. The number of hydrogen-bond donors (Lipinski definition) is 1. The van der Waals surface area contributed by atoms with E-state index in [0.29, 0.717) is 12.1 Å². The lowest BCUT2D eigenvalue weighted by molar-refractivity contribution is 0.0922. The first-order chi connectivity index (χ1) is 8.56. The summed E-state index contributed by atoms with van der Waals surface area (Å²) in [6.45, 7) is 13.7. The highest BCUT2D eigenvalue weighted by atomic mass is 16.5. The van der Waals surface area contributed by atoms with E-state index in [-0.39, 0.29) is 0 Å². The zero-order valence-electron chi connectivity index (χ0n) is 13.0. The van der Waals surface area contributed by atoms with E-state index >= 15 is 0 Å². The lowest BCUT2D eigenvalue weighted by atomic mass is 9.78. The van der Waals surface area contributed by atoms with E-state index < -0.39 is 0 Å². The van der Waals surface area contributed by atoms with E-state index in [2.05, 4.69) is 39.9 Å². The third kappa shape index (κ3) is 4.89. The average Bonchev–Trinajstić information content (AvgIpc) is 2.77. The summed E-state index contributed by atoms with van der Waals surface area (Å²) in [5, 5.41) is 3.71. The largest absolute Gasteiger partial charge is 0.378 e. The SMILES string of the molecule is CCNC(CCC1CCCO1)C(C(C)C)C(C)C. The van der Waals surface area contributed by atoms with Crippen LogP contribution in [0.1, 0.15) is 60.3 Å². The van der Waals surface area contributed by atoms with E-state index in [1.54, 1.807) is 0 Å². The van der Waals surface area contributed by atoms with Crippen molar-refractivity contribution in [3.8, 4) is 0 Å². The fraction of sp³-hybridized carbons (Fsp3) is 1.00. The Morgan fingerprint density at radius 1 is 1.17 bits per heavy atom. The summed E-state index contributed by atoms with van der Waals surface area (Å²) in [4.78, 5) is 0. The molecule has 0 bridgehead atoms. The van der Waals surface area contributed by atoms with E-state index in [9.17, 15) is 0 Å². The van der Waals surface area contributed by atoms with Gasteiger partial charge in [-0.15, -0.1) is 0 Å². The van der Waals surface area contributed by atoms with Gasteiger partial charge in [0.1, 0.15) is 0 Å². The van der Waals surface area contributed by atoms with Crippen LogP contribution in [0.2, 0.25) is 0 Å². The molecule has 2 heteroatoms. The van der Waals surface area contributed by atoms with Crippen LogP contribution in [0, 0.1) is 17.8 Å². The molecule has 18 heavy (non-hydrogen) atoms. The molecular formula is C16H33NO. The van der Waals surface area contributed by atoms with Crippen LogP contribution in [-0.4, -0.2) is 25.3 Å². The van der Waals surface area contributed by atoms with Crippen molar-refractivity contribution in [1.29, 1.82) is 0 Å². The number of rotatable bonds is 8. The lowest BCUT2D eigenvalue weighted by Gasteiger charge is -2.34. The van der Waals surface area contributed by atoms with Gasteiger partial charge < -0.3 is 10.1 Å². The Labute approximate surface area is 114 Å². The van der Waals surface area contributed by atoms with E-state index in [1.807, 2.05) is 0 Å². The first kappa shape index (κ1) is 16.0. The van der Waals surface area contributed by atoms with Gasteiger partial charge in [-0.3, -0.25) is 0 Å². The minimum absolute atomic E-state index is 0.533. The van der Waals surface area contributed by atoms with Crippen LogP contribution in [0.4, 0.5) is 0 Å². The molecule has 1 aliphatic heterocycles. The second-order valence-electron chi connectivity index (χ2n) is 6.44. The number of ether oxygens (including phenoxy) is 1. The highest BCUT2D eigenvalue weighted by Gasteiger charge is 2.27. The Hall–Kier alpha value is -0.0800. The second kappa shape index (κ2) is 8.16. The van der Waals surface area contributed by atoms with Crippen molar-refractivity contribution in [1.82, 2.24) is 5.32 Å². The average molecular weight is 255 g/mol. The third-order valence-electron chi connectivity index (χ3n) is 4.29. The van der Waals surface area contributed by atoms with Crippen molar-refractivity contribution in [2.24, 2.45) is 17.8 Å². The Morgan fingerprint density at radius 2 is 1.83 bits per heavy atom. The van der Waals surface area contributed by atoms with Crippen LogP contribution in [0.25, 0.3) is 0 Å². The maximum Gasteiger partial charge on any atom is 0.0576 e. The van der Waals surface area contributed by atoms with Gasteiger partial charge in [-0.25, -0.2) is 0 Å². The smallest absolute Gasteiger partial charge is 0.0576 e. The van der Waals surface area contributed by atoms with Crippen LogP contribution in [0.5, 0.6) is 0 Å². The fourth-order valence-corrected chi connectivity index (χ4v) is 3.63. The standard InChI is InChI=1S/C16H33NO/c1-6-17-15(16(12(2)3)13(4)5)10-9-14-8-7-11-18-14/h12-17H,6-11H2,1-5H3. The molecule has 0 saturated carbocycles. The molecule has 1 saturated heterocycles. The topological polar surface area (TPSA) is 21.3 Å². The molecule has 0 aromatic carbocycles. The van der Waals surface area contributed by atoms with Crippen LogP contribution in [0.3, 0.4) is 0 Å². The van der Waals surface area contributed by atoms with Gasteiger partial charge in [0.15, 0.2) is 0 Å². The van der Waals surface area contributed by atoms with E-state index in [4.69, 9.17) is 4.74 Å². The van der Waals surface area contributed by atoms with Crippen molar-refractivity contribution in [3.05, 3.63) is 0 Å².